The minimum Gasteiger partial charge on any atom is -0.456 e. The zero-order chi connectivity index (χ0) is 39.5. The fourth-order valence-electron chi connectivity index (χ4n) is 9.34. The second-order valence-electron chi connectivity index (χ2n) is 15.6. The lowest BCUT2D eigenvalue weighted by Crippen LogP contribution is -2.81. The van der Waals surface area contributed by atoms with Gasteiger partial charge in [0.1, 0.15) is 30.0 Å². The summed E-state index contributed by atoms with van der Waals surface area (Å²) < 4.78 is 24.0. The van der Waals surface area contributed by atoms with Gasteiger partial charge in [0.2, 0.25) is 5.91 Å². The van der Waals surface area contributed by atoms with Gasteiger partial charge in [-0.15, -0.1) is 0 Å². The zero-order valence-electron chi connectivity index (χ0n) is 31.0. The Morgan fingerprint density at radius 2 is 1.56 bits per heavy atom. The molecular formula is C40H47NO13. The Hall–Kier alpha value is -4.47. The predicted molar refractivity (Wildman–Crippen MR) is 188 cm³/mol. The van der Waals surface area contributed by atoms with Crippen LogP contribution in [0.15, 0.2) is 71.8 Å². The minimum atomic E-state index is -2.32. The third kappa shape index (κ3) is 6.04. The van der Waals surface area contributed by atoms with Crippen molar-refractivity contribution in [3.8, 4) is 0 Å². The van der Waals surface area contributed by atoms with Crippen LogP contribution in [-0.4, -0.2) is 104 Å². The Kier molecular flexibility index (Phi) is 10.2. The maximum atomic E-state index is 14.9. The molecule has 5 N–H and O–H groups in total. The Labute approximate surface area is 312 Å². The number of hydrogen-bond donors (Lipinski definition) is 5. The molecule has 1 heterocycles. The van der Waals surface area contributed by atoms with Crippen molar-refractivity contribution in [2.45, 2.75) is 108 Å². The predicted octanol–water partition coefficient (Wildman–Crippen LogP) is 1.87. The topological polar surface area (TPSA) is 215 Å². The molecule has 0 radical (unpaired) electrons. The van der Waals surface area contributed by atoms with Gasteiger partial charge in [0.15, 0.2) is 17.5 Å². The standard InChI is InChI=1S/C40H47NO13/c1-20-25(52-36(49)31(46)29(41-21(2)42)23-13-9-7-10-14-23)18-40(50)34(53-35(48)24-15-11-8-12-16-24)32-38(6,33(47)30(45)28(20)37(40,4)5)26(44)17-27-39(32,19-51-27)54-22(3)43/h7-16,25-27,29-32,34,44-46,50H,17-19H2,1-6H3,(H,41,42)/t25?,26-,27+,29-,30+,31+,32?,34-,38+,39-,40+/m0/s1. The normalized spacial score (nSPS) is 35.0. The summed E-state index contributed by atoms with van der Waals surface area (Å²) in [4.78, 5) is 67.6. The van der Waals surface area contributed by atoms with Gasteiger partial charge >= 0.3 is 17.9 Å². The van der Waals surface area contributed by atoms with Crippen molar-refractivity contribution < 1.29 is 63.3 Å². The highest BCUT2D eigenvalue weighted by atomic mass is 16.6. The molecule has 3 fully saturated rings. The number of rotatable bonds is 8. The van der Waals surface area contributed by atoms with E-state index in [9.17, 15) is 44.4 Å². The molecule has 0 spiro atoms. The van der Waals surface area contributed by atoms with Crippen LogP contribution in [0.2, 0.25) is 0 Å². The monoisotopic (exact) mass is 749 g/mol. The molecule has 0 aromatic heterocycles. The number of nitrogens with one attached hydrogen (secondary N) is 1. The summed E-state index contributed by atoms with van der Waals surface area (Å²) in [6.07, 6.45) is -10.3. The summed E-state index contributed by atoms with van der Waals surface area (Å²) in [5, 5.41) is 51.1. The Bertz CT molecular complexity index is 1860. The summed E-state index contributed by atoms with van der Waals surface area (Å²) in [6.45, 7) is 8.11. The molecule has 4 aliphatic rings. The second-order valence-corrected chi connectivity index (χ2v) is 15.6. The van der Waals surface area contributed by atoms with E-state index in [2.05, 4.69) is 5.32 Å². The molecule has 14 nitrogen and oxygen atoms in total. The minimum absolute atomic E-state index is 0.0452. The molecule has 1 amide bonds. The fraction of sp³-hybridized carbons (Fsp3) is 0.525. The summed E-state index contributed by atoms with van der Waals surface area (Å²) in [5.74, 6) is -5.80. The van der Waals surface area contributed by atoms with Gasteiger partial charge in [0.05, 0.1) is 35.6 Å². The van der Waals surface area contributed by atoms with Crippen LogP contribution in [0.4, 0.5) is 0 Å². The van der Waals surface area contributed by atoms with E-state index in [1.54, 1.807) is 62.4 Å². The van der Waals surface area contributed by atoms with Gasteiger partial charge in [-0.1, -0.05) is 62.4 Å². The highest BCUT2D eigenvalue weighted by molar-refractivity contribution is 5.94. The van der Waals surface area contributed by atoms with E-state index in [0.717, 1.165) is 6.92 Å². The summed E-state index contributed by atoms with van der Waals surface area (Å²) in [7, 11) is 0. The van der Waals surface area contributed by atoms with Gasteiger partial charge in [-0.25, -0.2) is 9.59 Å². The van der Waals surface area contributed by atoms with Crippen LogP contribution in [0, 0.1) is 16.7 Å². The average Bonchev–Trinajstić information content (AvgIpc) is 3.12. The molecule has 1 aliphatic heterocycles. The molecule has 3 aliphatic carbocycles. The van der Waals surface area contributed by atoms with Crippen molar-refractivity contribution in [3.05, 3.63) is 82.9 Å². The lowest BCUT2D eigenvalue weighted by Gasteiger charge is -2.67. The number of aliphatic hydroxyl groups excluding tert-OH is 3. The number of aliphatic hydroxyl groups is 4. The van der Waals surface area contributed by atoms with Crippen LogP contribution in [0.25, 0.3) is 0 Å². The lowest BCUT2D eigenvalue weighted by atomic mass is 9.44. The number of hydrogen-bond acceptors (Lipinski definition) is 13. The molecule has 2 saturated carbocycles. The number of carbonyl (C=O) groups is 5. The molecule has 2 unspecified atom stereocenters. The van der Waals surface area contributed by atoms with E-state index in [1.165, 1.54) is 32.9 Å². The molecule has 1 saturated heterocycles. The number of amides is 1. The number of Topliss-reactive ketones (excluding diaryl/α,β-unsaturated/α-hetero) is 1. The first kappa shape index (κ1) is 39.2. The van der Waals surface area contributed by atoms with E-state index in [4.69, 9.17) is 18.9 Å². The Morgan fingerprint density at radius 1 is 0.944 bits per heavy atom. The molecule has 6 rings (SSSR count). The van der Waals surface area contributed by atoms with Gasteiger partial charge in [-0.2, -0.15) is 0 Å². The van der Waals surface area contributed by atoms with Gasteiger partial charge < -0.3 is 44.7 Å². The highest BCUT2D eigenvalue weighted by Gasteiger charge is 2.78. The SMILES string of the molecule is CC(=O)N[C@@H](c1ccccc1)[C@@H](O)C(=O)OC1C[C@@]2(O)[C@@H](OC(=O)c3ccccc3)C3[C@](C)(C(=O)[C@H](O)C(=C1C)C2(C)C)[C@@H](O)C[C@H]1OC[C@@]31OC(C)=O. The van der Waals surface area contributed by atoms with Crippen molar-refractivity contribution in [2.24, 2.45) is 16.7 Å². The largest absolute Gasteiger partial charge is 0.456 e. The maximum Gasteiger partial charge on any atom is 0.338 e. The molecule has 11 atom stereocenters. The van der Waals surface area contributed by atoms with Crippen molar-refractivity contribution >= 4 is 29.6 Å². The summed E-state index contributed by atoms with van der Waals surface area (Å²) in [5.41, 5.74) is -7.01. The van der Waals surface area contributed by atoms with Gasteiger partial charge in [0, 0.05) is 32.1 Å². The molecule has 290 valence electrons. The van der Waals surface area contributed by atoms with Crippen molar-refractivity contribution in [1.29, 1.82) is 0 Å². The van der Waals surface area contributed by atoms with Crippen molar-refractivity contribution in [1.82, 2.24) is 5.32 Å². The molecule has 54 heavy (non-hydrogen) atoms. The van der Waals surface area contributed by atoms with Crippen LogP contribution in [-0.2, 0) is 38.1 Å². The van der Waals surface area contributed by atoms with Crippen molar-refractivity contribution in [2.75, 3.05) is 6.61 Å². The van der Waals surface area contributed by atoms with Crippen LogP contribution in [0.1, 0.15) is 76.3 Å². The molecule has 2 bridgehead atoms. The molecule has 2 aromatic carbocycles. The quantitative estimate of drug-likeness (QED) is 0.148. The van der Waals surface area contributed by atoms with Crippen LogP contribution in [0.3, 0.4) is 0 Å². The van der Waals surface area contributed by atoms with Gasteiger partial charge in [-0.3, -0.25) is 14.4 Å². The van der Waals surface area contributed by atoms with Crippen LogP contribution in [0.5, 0.6) is 0 Å². The van der Waals surface area contributed by atoms with E-state index in [-0.39, 0.29) is 29.7 Å². The Morgan fingerprint density at radius 3 is 2.11 bits per heavy atom. The van der Waals surface area contributed by atoms with Gasteiger partial charge in [0.25, 0.3) is 0 Å². The first-order valence-electron chi connectivity index (χ1n) is 17.9. The average molecular weight is 750 g/mol. The number of carbonyl (C=O) groups excluding carboxylic acids is 5. The molecular weight excluding hydrogens is 702 g/mol. The second kappa shape index (κ2) is 14.0. The van der Waals surface area contributed by atoms with Crippen LogP contribution >= 0.6 is 0 Å². The number of esters is 3. The van der Waals surface area contributed by atoms with Crippen molar-refractivity contribution in [3.63, 3.8) is 0 Å². The third-order valence-electron chi connectivity index (χ3n) is 12.3. The Balaban J connectivity index is 1.52. The van der Waals surface area contributed by atoms with Gasteiger partial charge in [-0.05, 0) is 42.7 Å². The highest BCUT2D eigenvalue weighted by Crippen LogP contribution is 2.64. The third-order valence-corrected chi connectivity index (χ3v) is 12.3. The summed E-state index contributed by atoms with van der Waals surface area (Å²) in [6, 6.07) is 14.9. The first-order chi connectivity index (χ1) is 25.3. The first-order valence-corrected chi connectivity index (χ1v) is 17.9. The molecule has 2 aromatic rings. The maximum absolute atomic E-state index is 14.9. The smallest absolute Gasteiger partial charge is 0.338 e. The van der Waals surface area contributed by atoms with E-state index in [0.29, 0.717) is 5.56 Å². The number of benzene rings is 2. The number of fused-ring (bicyclic) bond motifs is 5. The lowest BCUT2D eigenvalue weighted by molar-refractivity contribution is -0.346. The summed E-state index contributed by atoms with van der Waals surface area (Å²) >= 11 is 0. The number of ether oxygens (including phenoxy) is 4. The number of ketones is 1. The zero-order valence-corrected chi connectivity index (χ0v) is 31.0. The molecule has 14 heteroatoms. The van der Waals surface area contributed by atoms with E-state index >= 15 is 0 Å². The van der Waals surface area contributed by atoms with Crippen LogP contribution < -0.4 is 5.32 Å². The van der Waals surface area contributed by atoms with E-state index in [1.807, 2.05) is 0 Å². The van der Waals surface area contributed by atoms with E-state index < -0.39 is 107 Å². The fourth-order valence-corrected chi connectivity index (χ4v) is 9.34.